The van der Waals surface area contributed by atoms with Gasteiger partial charge in [0.25, 0.3) is 5.91 Å². The fourth-order valence-electron chi connectivity index (χ4n) is 7.84. The number of amides is 2. The van der Waals surface area contributed by atoms with E-state index in [0.29, 0.717) is 38.4 Å². The van der Waals surface area contributed by atoms with Gasteiger partial charge in [0.15, 0.2) is 0 Å². The van der Waals surface area contributed by atoms with Crippen LogP contribution in [-0.2, 0) is 17.8 Å². The number of phenolic OH excluding ortho intramolecular Hbond substituents is 1. The van der Waals surface area contributed by atoms with E-state index in [1.54, 1.807) is 79.0 Å². The van der Waals surface area contributed by atoms with Crippen molar-refractivity contribution >= 4 is 51.3 Å². The number of aromatic hydroxyl groups is 1. The monoisotopic (exact) mass is 799 g/mol. The molecule has 1 atom stereocenters. The minimum absolute atomic E-state index is 0.0184. The summed E-state index contributed by atoms with van der Waals surface area (Å²) in [6.07, 6.45) is 6.55. The number of rotatable bonds is 12. The van der Waals surface area contributed by atoms with Gasteiger partial charge in [-0.1, -0.05) is 49.1 Å². The van der Waals surface area contributed by atoms with Crippen molar-refractivity contribution in [3.05, 3.63) is 136 Å². The summed E-state index contributed by atoms with van der Waals surface area (Å²) in [5.41, 5.74) is 11.3. The van der Waals surface area contributed by atoms with Crippen LogP contribution in [0, 0.1) is 5.82 Å². The molecule has 0 bridgehead atoms. The molecule has 0 radical (unpaired) electrons. The van der Waals surface area contributed by atoms with Crippen LogP contribution >= 0.6 is 11.6 Å². The highest BCUT2D eigenvalue weighted by Gasteiger charge is 2.27. The second-order valence-electron chi connectivity index (χ2n) is 14.6. The van der Waals surface area contributed by atoms with Crippen molar-refractivity contribution in [1.29, 1.82) is 0 Å². The molecule has 58 heavy (non-hydrogen) atoms. The maximum Gasteiger partial charge on any atom is 0.326 e. The number of phenols is 1. The van der Waals surface area contributed by atoms with E-state index >= 15 is 4.39 Å². The minimum Gasteiger partial charge on any atom is -0.508 e. The number of ether oxygens (including phenoxy) is 1. The highest BCUT2D eigenvalue weighted by molar-refractivity contribution is 6.30. The fourth-order valence-corrected chi connectivity index (χ4v) is 7.97. The van der Waals surface area contributed by atoms with Gasteiger partial charge in [-0.15, -0.1) is 0 Å². The zero-order chi connectivity index (χ0) is 40.5. The van der Waals surface area contributed by atoms with E-state index in [9.17, 15) is 24.6 Å². The van der Waals surface area contributed by atoms with Gasteiger partial charge in [0.1, 0.15) is 35.8 Å². The van der Waals surface area contributed by atoms with Crippen molar-refractivity contribution in [2.75, 3.05) is 0 Å². The van der Waals surface area contributed by atoms with Gasteiger partial charge in [0.2, 0.25) is 5.91 Å². The van der Waals surface area contributed by atoms with Crippen LogP contribution in [0.4, 0.5) is 4.39 Å². The summed E-state index contributed by atoms with van der Waals surface area (Å²) in [4.78, 5) is 45.9. The number of nitrogens with one attached hydrogen (secondary N) is 2. The predicted molar refractivity (Wildman–Crippen MR) is 220 cm³/mol. The number of hydrogen-bond donors (Lipinski definition) is 5. The fraction of sp³-hybridized carbons (Fsp3) is 0.200. The van der Waals surface area contributed by atoms with Crippen LogP contribution in [0.1, 0.15) is 70.0 Å². The van der Waals surface area contributed by atoms with Crippen LogP contribution in [0.2, 0.25) is 5.02 Å². The summed E-state index contributed by atoms with van der Waals surface area (Å²) in [6.45, 7) is 0.0252. The quantitative estimate of drug-likeness (QED) is 0.0821. The Kier molecular flexibility index (Phi) is 10.6. The minimum atomic E-state index is -1.26. The van der Waals surface area contributed by atoms with E-state index in [-0.39, 0.29) is 41.7 Å². The molecule has 13 heteroatoms. The van der Waals surface area contributed by atoms with Gasteiger partial charge < -0.3 is 35.6 Å². The Morgan fingerprint density at radius 2 is 1.67 bits per heavy atom. The number of halogens is 2. The van der Waals surface area contributed by atoms with Crippen LogP contribution < -0.4 is 15.8 Å². The number of fused-ring (bicyclic) bond motifs is 2. The molecule has 2 amide bonds. The Morgan fingerprint density at radius 1 is 0.914 bits per heavy atom. The van der Waals surface area contributed by atoms with Crippen molar-refractivity contribution in [1.82, 2.24) is 19.9 Å². The molecule has 0 saturated heterocycles. The van der Waals surface area contributed by atoms with E-state index in [0.717, 1.165) is 54.3 Å². The average Bonchev–Trinajstić information content (AvgIpc) is 3.80. The number of imidazole rings is 1. The number of aromatic nitrogens is 3. The highest BCUT2D eigenvalue weighted by Crippen LogP contribution is 2.38. The molecule has 7 aromatic rings. The van der Waals surface area contributed by atoms with Crippen molar-refractivity contribution in [3.63, 3.8) is 0 Å². The molecule has 294 valence electrons. The lowest BCUT2D eigenvalue weighted by Crippen LogP contribution is -2.42. The van der Waals surface area contributed by atoms with E-state index in [1.165, 1.54) is 12.1 Å². The average molecular weight is 800 g/mol. The Balaban J connectivity index is 1.07. The van der Waals surface area contributed by atoms with Gasteiger partial charge in [-0.2, -0.15) is 0 Å². The maximum absolute atomic E-state index is 16.2. The molecule has 2 aromatic heterocycles. The van der Waals surface area contributed by atoms with E-state index in [1.807, 2.05) is 12.1 Å². The number of aliphatic carboxylic acids is 1. The first-order valence-corrected chi connectivity index (χ1v) is 19.4. The molecule has 0 aliphatic heterocycles. The van der Waals surface area contributed by atoms with Gasteiger partial charge in [0, 0.05) is 51.8 Å². The molecule has 2 heterocycles. The zero-order valence-corrected chi connectivity index (χ0v) is 31.9. The summed E-state index contributed by atoms with van der Waals surface area (Å²) in [5.74, 6) is -2.22. The van der Waals surface area contributed by atoms with Crippen molar-refractivity contribution < 1.29 is 33.7 Å². The summed E-state index contributed by atoms with van der Waals surface area (Å²) in [7, 11) is 0. The third-order valence-electron chi connectivity index (χ3n) is 10.8. The smallest absolute Gasteiger partial charge is 0.326 e. The maximum atomic E-state index is 16.2. The van der Waals surface area contributed by atoms with E-state index in [2.05, 4.69) is 14.9 Å². The van der Waals surface area contributed by atoms with Crippen molar-refractivity contribution in [3.8, 4) is 34.0 Å². The number of H-pyrrole nitrogens is 1. The van der Waals surface area contributed by atoms with Gasteiger partial charge in [-0.25, -0.2) is 14.2 Å². The third kappa shape index (κ3) is 7.83. The highest BCUT2D eigenvalue weighted by atomic mass is 35.5. The molecule has 1 saturated carbocycles. The van der Waals surface area contributed by atoms with Crippen LogP contribution in [-0.4, -0.2) is 48.6 Å². The summed E-state index contributed by atoms with van der Waals surface area (Å²) in [5, 5.41) is 23.9. The van der Waals surface area contributed by atoms with Gasteiger partial charge >= 0.3 is 5.97 Å². The first-order valence-electron chi connectivity index (χ1n) is 19.0. The second kappa shape index (κ2) is 16.1. The van der Waals surface area contributed by atoms with Crippen LogP contribution in [0.25, 0.3) is 44.5 Å². The molecule has 11 nitrogen and oxygen atoms in total. The molecular formula is C45H39ClFN5O6. The van der Waals surface area contributed by atoms with E-state index < -0.39 is 29.6 Å². The SMILES string of the molecule is NC(=O)c1ccc(-c2ccc(Cl)cc2)c(COc2ccc(-c3nc4cc(C(=O)N[C@@H](Cc5c[nH]c6ccc(O)cc56)C(=O)O)ccc4n3C3CCCCC3)c(F)c2)c1. The van der Waals surface area contributed by atoms with Crippen LogP contribution in [0.3, 0.4) is 0 Å². The molecule has 1 aliphatic carbocycles. The van der Waals surface area contributed by atoms with Gasteiger partial charge in [-0.3, -0.25) is 9.59 Å². The zero-order valence-electron chi connectivity index (χ0n) is 31.2. The van der Waals surface area contributed by atoms with Crippen molar-refractivity contribution in [2.24, 2.45) is 5.73 Å². The lowest BCUT2D eigenvalue weighted by atomic mass is 9.94. The topological polar surface area (TPSA) is 173 Å². The number of primary amides is 1. The molecule has 1 fully saturated rings. The number of hydrogen-bond acceptors (Lipinski definition) is 6. The number of nitrogens with two attached hydrogens (primary N) is 1. The number of carboxylic acids is 1. The standard InChI is InChI=1S/C45H39ClFN5O6/c46-30-10-6-25(7-11-30)34-14-8-26(42(48)54)18-29(34)24-58-33-13-15-35(37(47)22-33)43-50-39-19-27(9-17-41(39)52(43)31-4-2-1-3-5-31)44(55)51-40(45(56)57)20-28-23-49-38-16-12-32(53)21-36(28)38/h6-19,21-23,31,40,49,53H,1-5,20,24H2,(H2,48,54)(H,51,55)(H,56,57)/t40-/m0/s1. The lowest BCUT2D eigenvalue weighted by Gasteiger charge is -2.26. The lowest BCUT2D eigenvalue weighted by molar-refractivity contribution is -0.139. The Labute approximate surface area is 337 Å². The Bertz CT molecular complexity index is 2700. The number of carbonyl (C=O) groups is 3. The van der Waals surface area contributed by atoms with Gasteiger partial charge in [0.05, 0.1) is 16.6 Å². The summed E-state index contributed by atoms with van der Waals surface area (Å²) in [6, 6.07) is 25.5. The molecular weight excluding hydrogens is 761 g/mol. The number of aromatic amines is 1. The molecule has 1 aliphatic rings. The normalized spacial score (nSPS) is 13.8. The molecule has 5 aromatic carbocycles. The molecule has 6 N–H and O–H groups in total. The Morgan fingerprint density at radius 3 is 2.41 bits per heavy atom. The first-order chi connectivity index (χ1) is 28.0. The predicted octanol–water partition coefficient (Wildman–Crippen LogP) is 8.96. The molecule has 0 unspecified atom stereocenters. The van der Waals surface area contributed by atoms with Crippen molar-refractivity contribution in [2.45, 2.75) is 57.2 Å². The molecule has 8 rings (SSSR count). The van der Waals surface area contributed by atoms with E-state index in [4.69, 9.17) is 27.1 Å². The van der Waals surface area contributed by atoms with Gasteiger partial charge in [-0.05, 0) is 108 Å². The number of benzene rings is 5. The first kappa shape index (κ1) is 38.2. The number of carboxylic acid groups (broad SMARTS) is 1. The largest absolute Gasteiger partial charge is 0.508 e. The Hall–Kier alpha value is -6.66. The number of nitrogens with zero attached hydrogens (tertiary/aromatic N) is 2. The van der Waals surface area contributed by atoms with Crippen LogP contribution in [0.5, 0.6) is 11.5 Å². The summed E-state index contributed by atoms with van der Waals surface area (Å²) >= 11 is 6.11. The second-order valence-corrected chi connectivity index (χ2v) is 15.0. The molecule has 0 spiro atoms. The summed E-state index contributed by atoms with van der Waals surface area (Å²) < 4.78 is 24.4. The third-order valence-corrected chi connectivity index (χ3v) is 11.0. The van der Waals surface area contributed by atoms with Crippen LogP contribution in [0.15, 0.2) is 103 Å². The number of carbonyl (C=O) groups excluding carboxylic acids is 2.